The fraction of sp³-hybridized carbons (Fsp3) is 0.682. The smallest absolute Gasteiger partial charge is 0.322 e. The van der Waals surface area contributed by atoms with Crippen LogP contribution in [0.4, 0.5) is 10.5 Å². The van der Waals surface area contributed by atoms with Crippen LogP contribution in [-0.2, 0) is 10.2 Å². The standard InChI is InChI=1S/C22H36N4O4.2ClH/c1-22(2,3)18-15-17(30-14-11-25-9-12-29-13-10-25)16-19(20(18)27)23-21(28)26-7-5-24(4)6-8-26;;/h15-16,27H,5-14H2,1-4H3,(H,23,28);2*1H. The Balaban J connectivity index is 0.00000256. The molecule has 2 N–H and O–H groups in total. The number of benzene rings is 1. The van der Waals surface area contributed by atoms with Gasteiger partial charge in [-0.3, -0.25) is 4.90 Å². The molecule has 0 aromatic heterocycles. The van der Waals surface area contributed by atoms with Crippen LogP contribution in [0.1, 0.15) is 26.3 Å². The predicted octanol–water partition coefficient (Wildman–Crippen LogP) is 3.02. The van der Waals surface area contributed by atoms with Gasteiger partial charge in [0.15, 0.2) is 0 Å². The van der Waals surface area contributed by atoms with Crippen molar-refractivity contribution in [3.8, 4) is 11.5 Å². The van der Waals surface area contributed by atoms with Gasteiger partial charge in [-0.05, 0) is 18.5 Å². The van der Waals surface area contributed by atoms with E-state index in [1.807, 2.05) is 26.8 Å². The highest BCUT2D eigenvalue weighted by Crippen LogP contribution is 2.39. The predicted molar refractivity (Wildman–Crippen MR) is 132 cm³/mol. The number of carbonyl (C=O) groups excluding carboxylic acids is 1. The molecule has 8 nitrogen and oxygen atoms in total. The van der Waals surface area contributed by atoms with Gasteiger partial charge in [-0.15, -0.1) is 24.8 Å². The van der Waals surface area contributed by atoms with Crippen LogP contribution < -0.4 is 10.1 Å². The zero-order valence-corrected chi connectivity index (χ0v) is 21.2. The molecule has 2 aliphatic heterocycles. The van der Waals surface area contributed by atoms with E-state index in [1.54, 1.807) is 11.0 Å². The average molecular weight is 493 g/mol. The molecule has 0 bridgehead atoms. The summed E-state index contributed by atoms with van der Waals surface area (Å²) in [5.74, 6) is 0.755. The van der Waals surface area contributed by atoms with Crippen LogP contribution in [0.15, 0.2) is 12.1 Å². The van der Waals surface area contributed by atoms with Gasteiger partial charge in [0.05, 0.1) is 18.9 Å². The number of urea groups is 1. The highest BCUT2D eigenvalue weighted by molar-refractivity contribution is 5.91. The number of morpholine rings is 1. The third-order valence-electron chi connectivity index (χ3n) is 5.70. The van der Waals surface area contributed by atoms with Gasteiger partial charge >= 0.3 is 6.03 Å². The Morgan fingerprint density at radius 3 is 2.31 bits per heavy atom. The summed E-state index contributed by atoms with van der Waals surface area (Å²) in [6, 6.07) is 3.40. The first kappa shape index (κ1) is 28.6. The maximum absolute atomic E-state index is 12.7. The molecule has 2 aliphatic rings. The Kier molecular flexibility index (Phi) is 11.3. The third kappa shape index (κ3) is 7.85. The van der Waals surface area contributed by atoms with Crippen LogP contribution in [0.5, 0.6) is 11.5 Å². The Morgan fingerprint density at radius 1 is 1.09 bits per heavy atom. The summed E-state index contributed by atoms with van der Waals surface area (Å²) in [6.45, 7) is 13.8. The first-order chi connectivity index (χ1) is 14.2. The monoisotopic (exact) mass is 492 g/mol. The van der Waals surface area contributed by atoms with E-state index in [9.17, 15) is 9.90 Å². The molecule has 0 saturated carbocycles. The van der Waals surface area contributed by atoms with E-state index < -0.39 is 0 Å². The number of hydrogen-bond donors (Lipinski definition) is 2. The molecule has 0 radical (unpaired) electrons. The fourth-order valence-electron chi connectivity index (χ4n) is 3.68. The molecule has 1 aromatic rings. The van der Waals surface area contributed by atoms with Gasteiger partial charge in [-0.2, -0.15) is 0 Å². The second-order valence-corrected chi connectivity index (χ2v) is 9.14. The van der Waals surface area contributed by atoms with Crippen molar-refractivity contribution in [3.63, 3.8) is 0 Å². The van der Waals surface area contributed by atoms with E-state index in [2.05, 4.69) is 22.2 Å². The number of carbonyl (C=O) groups is 1. The highest BCUT2D eigenvalue weighted by Gasteiger charge is 2.25. The van der Waals surface area contributed by atoms with E-state index in [-0.39, 0.29) is 42.0 Å². The number of piperazine rings is 1. The maximum atomic E-state index is 12.7. The van der Waals surface area contributed by atoms with E-state index in [0.717, 1.165) is 51.5 Å². The number of rotatable bonds is 5. The first-order valence-electron chi connectivity index (χ1n) is 10.8. The number of ether oxygens (including phenoxy) is 2. The van der Waals surface area contributed by atoms with Crippen LogP contribution in [0.25, 0.3) is 0 Å². The minimum absolute atomic E-state index is 0. The van der Waals surface area contributed by atoms with E-state index in [0.29, 0.717) is 31.1 Å². The van der Waals surface area contributed by atoms with Gasteiger partial charge < -0.3 is 29.7 Å². The zero-order valence-electron chi connectivity index (χ0n) is 19.6. The lowest BCUT2D eigenvalue weighted by Gasteiger charge is -2.32. The summed E-state index contributed by atoms with van der Waals surface area (Å²) in [4.78, 5) is 19.0. The van der Waals surface area contributed by atoms with Crippen molar-refractivity contribution >= 4 is 36.5 Å². The lowest BCUT2D eigenvalue weighted by molar-refractivity contribution is 0.0322. The van der Waals surface area contributed by atoms with Gasteiger partial charge in [0.25, 0.3) is 0 Å². The van der Waals surface area contributed by atoms with Crippen LogP contribution in [-0.4, -0.2) is 98.5 Å². The van der Waals surface area contributed by atoms with Crippen LogP contribution >= 0.6 is 24.8 Å². The fourth-order valence-corrected chi connectivity index (χ4v) is 3.68. The SMILES string of the molecule is CN1CCN(C(=O)Nc2cc(OCCN3CCOCC3)cc(C(C)(C)C)c2O)CC1.Cl.Cl. The number of nitrogens with zero attached hydrogens (tertiary/aromatic N) is 3. The summed E-state index contributed by atoms with van der Waals surface area (Å²) in [7, 11) is 2.05. The second kappa shape index (κ2) is 12.7. The summed E-state index contributed by atoms with van der Waals surface area (Å²) in [6.07, 6.45) is 0. The third-order valence-corrected chi connectivity index (χ3v) is 5.70. The minimum Gasteiger partial charge on any atom is -0.505 e. The summed E-state index contributed by atoms with van der Waals surface area (Å²) < 4.78 is 11.4. The van der Waals surface area contributed by atoms with Crippen molar-refractivity contribution < 1.29 is 19.4 Å². The summed E-state index contributed by atoms with van der Waals surface area (Å²) in [5.41, 5.74) is 0.855. The normalized spacial score (nSPS) is 17.8. The molecule has 0 unspecified atom stereocenters. The molecular formula is C22H38Cl2N4O4. The number of phenols is 1. The molecule has 0 atom stereocenters. The molecule has 2 saturated heterocycles. The van der Waals surface area contributed by atoms with E-state index >= 15 is 0 Å². The lowest BCUT2D eigenvalue weighted by Crippen LogP contribution is -2.48. The molecule has 0 spiro atoms. The van der Waals surface area contributed by atoms with Gasteiger partial charge in [-0.25, -0.2) is 4.79 Å². The maximum Gasteiger partial charge on any atom is 0.322 e. The summed E-state index contributed by atoms with van der Waals surface area (Å²) in [5, 5.41) is 13.7. The summed E-state index contributed by atoms with van der Waals surface area (Å²) >= 11 is 0. The molecular weight excluding hydrogens is 455 g/mol. The molecule has 2 fully saturated rings. The van der Waals surface area contributed by atoms with Gasteiger partial charge in [0.1, 0.15) is 18.1 Å². The van der Waals surface area contributed by atoms with E-state index in [1.165, 1.54) is 0 Å². The number of amides is 2. The average Bonchev–Trinajstić information content (AvgIpc) is 2.70. The lowest BCUT2D eigenvalue weighted by atomic mass is 9.85. The Hall–Kier alpha value is -1.45. The van der Waals surface area contributed by atoms with Crippen LogP contribution in [0.3, 0.4) is 0 Å². The van der Waals surface area contributed by atoms with Gasteiger partial charge in [0.2, 0.25) is 0 Å². The molecule has 2 amide bonds. The first-order valence-corrected chi connectivity index (χ1v) is 10.8. The molecule has 1 aromatic carbocycles. The van der Waals surface area contributed by atoms with Crippen LogP contribution in [0, 0.1) is 0 Å². The van der Waals surface area contributed by atoms with Crippen molar-refractivity contribution in [2.45, 2.75) is 26.2 Å². The molecule has 0 aliphatic carbocycles. The molecule has 32 heavy (non-hydrogen) atoms. The number of halogens is 2. The number of nitrogens with one attached hydrogen (secondary N) is 1. The van der Waals surface area contributed by atoms with Gasteiger partial charge in [-0.1, -0.05) is 20.8 Å². The number of phenolic OH excluding ortho intramolecular Hbond substituents is 1. The molecule has 3 rings (SSSR count). The van der Waals surface area contributed by atoms with Crippen molar-refractivity contribution in [2.75, 3.05) is 78.0 Å². The number of hydrogen-bond acceptors (Lipinski definition) is 6. The molecule has 184 valence electrons. The van der Waals surface area contributed by atoms with Crippen molar-refractivity contribution in [1.82, 2.24) is 14.7 Å². The van der Waals surface area contributed by atoms with E-state index in [4.69, 9.17) is 9.47 Å². The van der Waals surface area contributed by atoms with Crippen molar-refractivity contribution in [1.29, 1.82) is 0 Å². The van der Waals surface area contributed by atoms with Crippen LogP contribution in [0.2, 0.25) is 0 Å². The number of likely N-dealkylation sites (N-methyl/N-ethyl adjacent to an activating group) is 1. The number of aromatic hydroxyl groups is 1. The number of anilines is 1. The Labute approximate surface area is 204 Å². The van der Waals surface area contributed by atoms with Crippen molar-refractivity contribution in [2.24, 2.45) is 0 Å². The Morgan fingerprint density at radius 2 is 1.72 bits per heavy atom. The molecule has 2 heterocycles. The highest BCUT2D eigenvalue weighted by atomic mass is 35.5. The van der Waals surface area contributed by atoms with Gasteiger partial charge in [0, 0.05) is 57.4 Å². The Bertz CT molecular complexity index is 731. The van der Waals surface area contributed by atoms with Crippen molar-refractivity contribution in [3.05, 3.63) is 17.7 Å². The minimum atomic E-state index is -0.291. The largest absolute Gasteiger partial charge is 0.505 e. The molecule has 10 heteroatoms. The zero-order chi connectivity index (χ0) is 21.7. The topological polar surface area (TPSA) is 77.5 Å². The second-order valence-electron chi connectivity index (χ2n) is 9.14. The quantitative estimate of drug-likeness (QED) is 0.615.